The molecular formula is C18H28O4. The Bertz CT molecular complexity index is 463. The number of carboxylic acid groups (broad SMARTS) is 1. The zero-order valence-corrected chi connectivity index (χ0v) is 14.1. The van der Waals surface area contributed by atoms with Crippen molar-refractivity contribution in [2.75, 3.05) is 0 Å². The fourth-order valence-electron chi connectivity index (χ4n) is 5.52. The van der Waals surface area contributed by atoms with Gasteiger partial charge in [-0.2, -0.15) is 0 Å². The first-order chi connectivity index (χ1) is 10.2. The number of carbonyl (C=O) groups is 2. The van der Waals surface area contributed by atoms with Crippen LogP contribution in [0.2, 0.25) is 0 Å². The lowest BCUT2D eigenvalue weighted by atomic mass is 9.47. The molecule has 1 N–H and O–H groups in total. The summed E-state index contributed by atoms with van der Waals surface area (Å²) in [6, 6.07) is 0. The van der Waals surface area contributed by atoms with E-state index in [0.29, 0.717) is 11.8 Å². The molecule has 4 aliphatic carbocycles. The number of esters is 1. The maximum absolute atomic E-state index is 12.6. The van der Waals surface area contributed by atoms with Crippen LogP contribution in [0.5, 0.6) is 0 Å². The molecule has 0 radical (unpaired) electrons. The molecule has 4 rings (SSSR count). The molecule has 0 aliphatic heterocycles. The fraction of sp³-hybridized carbons (Fsp3) is 0.889. The molecule has 4 bridgehead atoms. The Morgan fingerprint density at radius 2 is 1.50 bits per heavy atom. The van der Waals surface area contributed by atoms with Crippen LogP contribution in [0.25, 0.3) is 0 Å². The number of hydrogen-bond acceptors (Lipinski definition) is 3. The van der Waals surface area contributed by atoms with E-state index in [9.17, 15) is 14.7 Å². The highest BCUT2D eigenvalue weighted by Gasteiger charge is 2.61. The van der Waals surface area contributed by atoms with Gasteiger partial charge in [0, 0.05) is 0 Å². The van der Waals surface area contributed by atoms with Gasteiger partial charge in [-0.3, -0.25) is 9.59 Å². The third-order valence-electron chi connectivity index (χ3n) is 6.63. The van der Waals surface area contributed by atoms with Gasteiger partial charge in [-0.1, -0.05) is 13.8 Å². The van der Waals surface area contributed by atoms with Crippen molar-refractivity contribution in [3.05, 3.63) is 0 Å². The van der Waals surface area contributed by atoms with Crippen molar-refractivity contribution < 1.29 is 19.4 Å². The third kappa shape index (κ3) is 2.10. The Morgan fingerprint density at radius 3 is 1.86 bits per heavy atom. The van der Waals surface area contributed by atoms with Crippen LogP contribution in [0.1, 0.15) is 59.8 Å². The van der Waals surface area contributed by atoms with Crippen LogP contribution in [-0.4, -0.2) is 22.6 Å². The second-order valence-electron chi connectivity index (χ2n) is 8.63. The zero-order chi connectivity index (χ0) is 16.3. The smallest absolute Gasteiger partial charge is 0.323 e. The van der Waals surface area contributed by atoms with E-state index in [0.717, 1.165) is 37.5 Å². The van der Waals surface area contributed by atoms with E-state index in [4.69, 9.17) is 4.74 Å². The van der Waals surface area contributed by atoms with Crippen molar-refractivity contribution in [2.45, 2.75) is 65.4 Å². The molecule has 0 atom stereocenters. The second kappa shape index (κ2) is 4.97. The Morgan fingerprint density at radius 1 is 1.05 bits per heavy atom. The van der Waals surface area contributed by atoms with E-state index in [1.54, 1.807) is 0 Å². The van der Waals surface area contributed by atoms with Gasteiger partial charge in [0.2, 0.25) is 0 Å². The van der Waals surface area contributed by atoms with Gasteiger partial charge in [0.1, 0.15) is 5.60 Å². The number of aliphatic carboxylic acids is 1. The molecule has 0 aromatic rings. The van der Waals surface area contributed by atoms with Gasteiger partial charge in [0.15, 0.2) is 5.41 Å². The predicted octanol–water partition coefficient (Wildman–Crippen LogP) is 3.49. The number of rotatable bonds is 4. The molecule has 22 heavy (non-hydrogen) atoms. The topological polar surface area (TPSA) is 63.6 Å². The van der Waals surface area contributed by atoms with Crippen LogP contribution < -0.4 is 0 Å². The number of ether oxygens (including phenoxy) is 1. The highest BCUT2D eigenvalue weighted by molar-refractivity contribution is 5.98. The molecule has 0 aromatic carbocycles. The first kappa shape index (κ1) is 15.8. The third-order valence-corrected chi connectivity index (χ3v) is 6.63. The summed E-state index contributed by atoms with van der Waals surface area (Å²) >= 11 is 0. The standard InChI is InChI=1S/C18H28O4/c1-10(2)18(22-16(21)17(3,4)15(19)20)13-6-11-5-12(8-13)9-14(18)7-11/h10-14H,5-9H2,1-4H3,(H,19,20). The Hall–Kier alpha value is -1.06. The van der Waals surface area contributed by atoms with E-state index in [1.807, 2.05) is 0 Å². The number of carboxylic acids is 1. The molecule has 4 aliphatic rings. The Labute approximate surface area is 132 Å². The van der Waals surface area contributed by atoms with Crippen molar-refractivity contribution >= 4 is 11.9 Å². The molecule has 4 heteroatoms. The molecule has 0 heterocycles. The van der Waals surface area contributed by atoms with Crippen LogP contribution in [0.3, 0.4) is 0 Å². The summed E-state index contributed by atoms with van der Waals surface area (Å²) in [6.07, 6.45) is 5.92. The van der Waals surface area contributed by atoms with Gasteiger partial charge in [0.05, 0.1) is 0 Å². The minimum Gasteiger partial charge on any atom is -0.480 e. The lowest BCUT2D eigenvalue weighted by Gasteiger charge is -2.62. The molecule has 0 unspecified atom stereocenters. The van der Waals surface area contributed by atoms with Crippen LogP contribution in [0.15, 0.2) is 0 Å². The van der Waals surface area contributed by atoms with Crippen LogP contribution in [0.4, 0.5) is 0 Å². The molecule has 0 spiro atoms. The molecular weight excluding hydrogens is 280 g/mol. The maximum atomic E-state index is 12.6. The van der Waals surface area contributed by atoms with E-state index in [-0.39, 0.29) is 5.92 Å². The molecule has 4 fully saturated rings. The molecule has 0 amide bonds. The van der Waals surface area contributed by atoms with Crippen molar-refractivity contribution in [3.63, 3.8) is 0 Å². The van der Waals surface area contributed by atoms with E-state index < -0.39 is 23.0 Å². The van der Waals surface area contributed by atoms with Crippen molar-refractivity contribution in [3.8, 4) is 0 Å². The summed E-state index contributed by atoms with van der Waals surface area (Å²) in [7, 11) is 0. The Balaban J connectivity index is 1.90. The first-order valence-electron chi connectivity index (χ1n) is 8.64. The van der Waals surface area contributed by atoms with Crippen molar-refractivity contribution in [1.29, 1.82) is 0 Å². The monoisotopic (exact) mass is 308 g/mol. The average Bonchev–Trinajstić information content (AvgIpc) is 2.41. The lowest BCUT2D eigenvalue weighted by molar-refractivity contribution is -0.232. The molecule has 124 valence electrons. The highest BCUT2D eigenvalue weighted by Crippen LogP contribution is 2.62. The minimum atomic E-state index is -1.48. The predicted molar refractivity (Wildman–Crippen MR) is 82.1 cm³/mol. The first-order valence-corrected chi connectivity index (χ1v) is 8.64. The summed E-state index contributed by atoms with van der Waals surface area (Å²) in [6.45, 7) is 7.15. The Kier molecular flexibility index (Phi) is 3.57. The minimum absolute atomic E-state index is 0.232. The molecule has 0 aromatic heterocycles. The summed E-state index contributed by atoms with van der Waals surface area (Å²) < 4.78 is 6.08. The van der Waals surface area contributed by atoms with E-state index in [1.165, 1.54) is 20.3 Å². The van der Waals surface area contributed by atoms with E-state index >= 15 is 0 Å². The quantitative estimate of drug-likeness (QED) is 0.638. The largest absolute Gasteiger partial charge is 0.480 e. The normalized spacial score (nSPS) is 40.0. The van der Waals surface area contributed by atoms with Gasteiger partial charge in [-0.05, 0) is 75.5 Å². The highest BCUT2D eigenvalue weighted by atomic mass is 16.6. The van der Waals surface area contributed by atoms with Gasteiger partial charge in [-0.15, -0.1) is 0 Å². The fourth-order valence-corrected chi connectivity index (χ4v) is 5.52. The van der Waals surface area contributed by atoms with E-state index in [2.05, 4.69) is 13.8 Å². The summed E-state index contributed by atoms with van der Waals surface area (Å²) in [5.74, 6) is 0.966. The lowest BCUT2D eigenvalue weighted by Crippen LogP contribution is -2.63. The van der Waals surface area contributed by atoms with Crippen LogP contribution in [0, 0.1) is 35.0 Å². The number of carbonyl (C=O) groups excluding carboxylic acids is 1. The van der Waals surface area contributed by atoms with Gasteiger partial charge in [0.25, 0.3) is 0 Å². The summed E-state index contributed by atoms with van der Waals surface area (Å²) in [4.78, 5) is 24.0. The maximum Gasteiger partial charge on any atom is 0.323 e. The zero-order valence-electron chi connectivity index (χ0n) is 14.1. The van der Waals surface area contributed by atoms with Gasteiger partial charge >= 0.3 is 11.9 Å². The number of hydrogen-bond donors (Lipinski definition) is 1. The average molecular weight is 308 g/mol. The molecule has 0 saturated heterocycles. The molecule has 4 nitrogen and oxygen atoms in total. The summed E-state index contributed by atoms with van der Waals surface area (Å²) in [5.41, 5.74) is -1.92. The van der Waals surface area contributed by atoms with Crippen molar-refractivity contribution in [1.82, 2.24) is 0 Å². The van der Waals surface area contributed by atoms with Gasteiger partial charge in [-0.25, -0.2) is 0 Å². The van der Waals surface area contributed by atoms with Crippen LogP contribution >= 0.6 is 0 Å². The second-order valence-corrected chi connectivity index (χ2v) is 8.63. The van der Waals surface area contributed by atoms with Crippen LogP contribution in [-0.2, 0) is 14.3 Å². The molecule has 4 saturated carbocycles. The summed E-state index contributed by atoms with van der Waals surface area (Å²) in [5, 5.41) is 9.31. The van der Waals surface area contributed by atoms with Crippen molar-refractivity contribution in [2.24, 2.45) is 35.0 Å². The SMILES string of the molecule is CC(C)C1(OC(=O)C(C)(C)C(=O)O)C2CC3CC(C2)CC1C3. The van der Waals surface area contributed by atoms with Gasteiger partial charge < -0.3 is 9.84 Å².